The Morgan fingerprint density at radius 2 is 1.80 bits per heavy atom. The zero-order valence-electron chi connectivity index (χ0n) is 16.7. The molecule has 0 fully saturated rings. The van der Waals surface area contributed by atoms with Crippen LogP contribution in [0.1, 0.15) is 0 Å². The van der Waals surface area contributed by atoms with Gasteiger partial charge in [0.05, 0.1) is 20.0 Å². The first-order valence-electron chi connectivity index (χ1n) is 8.90. The Balaban J connectivity index is 1.58. The van der Waals surface area contributed by atoms with Gasteiger partial charge >= 0.3 is 6.09 Å². The molecule has 0 aliphatic rings. The number of carbonyl (C=O) groups is 2. The van der Waals surface area contributed by atoms with Gasteiger partial charge in [0.25, 0.3) is 0 Å². The fourth-order valence-corrected chi connectivity index (χ4v) is 3.31. The molecule has 0 unspecified atom stereocenters. The van der Waals surface area contributed by atoms with Gasteiger partial charge in [-0.05, 0) is 48.5 Å². The molecule has 0 bridgehead atoms. The number of anilines is 2. The van der Waals surface area contributed by atoms with Gasteiger partial charge in [-0.1, -0.05) is 11.8 Å². The highest BCUT2D eigenvalue weighted by molar-refractivity contribution is 7.99. The Morgan fingerprint density at radius 1 is 1.10 bits per heavy atom. The van der Waals surface area contributed by atoms with Crippen LogP contribution in [0.2, 0.25) is 0 Å². The molecule has 10 heteroatoms. The molecule has 1 heterocycles. The number of nitrogens with zero attached hydrogens (tertiary/aromatic N) is 4. The van der Waals surface area contributed by atoms with Crippen molar-refractivity contribution in [1.82, 2.24) is 14.8 Å². The Hall–Kier alpha value is -3.53. The second-order valence-corrected chi connectivity index (χ2v) is 7.04. The van der Waals surface area contributed by atoms with Crippen molar-refractivity contribution >= 4 is 35.1 Å². The number of benzene rings is 2. The van der Waals surface area contributed by atoms with Gasteiger partial charge in [-0.3, -0.25) is 14.3 Å². The molecule has 0 aliphatic heterocycles. The third-order valence-electron chi connectivity index (χ3n) is 4.19. The summed E-state index contributed by atoms with van der Waals surface area (Å²) in [4.78, 5) is 25.2. The summed E-state index contributed by atoms with van der Waals surface area (Å²) in [7, 11) is 4.54. The normalized spacial score (nSPS) is 10.4. The average molecular weight is 427 g/mol. The average Bonchev–Trinajstić information content (AvgIpc) is 3.26. The Labute approximate surface area is 178 Å². The molecule has 0 radical (unpaired) electrons. The van der Waals surface area contributed by atoms with Crippen LogP contribution in [0.5, 0.6) is 5.75 Å². The second kappa shape index (κ2) is 9.79. The van der Waals surface area contributed by atoms with Crippen molar-refractivity contribution < 1.29 is 19.1 Å². The van der Waals surface area contributed by atoms with Gasteiger partial charge in [-0.2, -0.15) is 0 Å². The van der Waals surface area contributed by atoms with E-state index in [-0.39, 0.29) is 11.7 Å². The van der Waals surface area contributed by atoms with Crippen molar-refractivity contribution in [1.29, 1.82) is 0 Å². The molecule has 156 valence electrons. The van der Waals surface area contributed by atoms with E-state index in [1.165, 1.54) is 23.8 Å². The molecule has 0 saturated carbocycles. The predicted octanol–water partition coefficient (Wildman–Crippen LogP) is 3.21. The van der Waals surface area contributed by atoms with Crippen LogP contribution in [0.3, 0.4) is 0 Å². The van der Waals surface area contributed by atoms with Gasteiger partial charge in [-0.15, -0.1) is 10.2 Å². The molecule has 30 heavy (non-hydrogen) atoms. The summed E-state index contributed by atoms with van der Waals surface area (Å²) in [6, 6.07) is 14.3. The minimum atomic E-state index is -0.468. The van der Waals surface area contributed by atoms with Crippen LogP contribution >= 0.6 is 11.8 Å². The second-order valence-electron chi connectivity index (χ2n) is 6.09. The van der Waals surface area contributed by atoms with E-state index in [9.17, 15) is 9.59 Å². The number of methoxy groups -OCH3 is 2. The number of amides is 2. The van der Waals surface area contributed by atoms with Crippen LogP contribution in [0, 0.1) is 0 Å². The molecule has 2 amide bonds. The predicted molar refractivity (Wildman–Crippen MR) is 115 cm³/mol. The topological polar surface area (TPSA) is 98.6 Å². The number of ether oxygens (including phenoxy) is 2. The first-order valence-corrected chi connectivity index (χ1v) is 9.89. The van der Waals surface area contributed by atoms with Crippen molar-refractivity contribution in [3.8, 4) is 11.4 Å². The van der Waals surface area contributed by atoms with E-state index in [2.05, 4.69) is 20.3 Å². The molecule has 0 aliphatic carbocycles. The third-order valence-corrected chi connectivity index (χ3v) is 5.13. The molecule has 1 aromatic heterocycles. The number of carbonyl (C=O) groups excluding carboxylic acids is 2. The number of hydrogen-bond acceptors (Lipinski definition) is 7. The summed E-state index contributed by atoms with van der Waals surface area (Å²) in [6.07, 6.45) is 1.13. The van der Waals surface area contributed by atoms with Gasteiger partial charge in [-0.25, -0.2) is 4.79 Å². The Morgan fingerprint density at radius 3 is 2.43 bits per heavy atom. The Bertz CT molecular complexity index is 1000. The lowest BCUT2D eigenvalue weighted by atomic mass is 10.2. The molecular formula is C20H21N5O4S. The van der Waals surface area contributed by atoms with Gasteiger partial charge in [0.2, 0.25) is 5.91 Å². The van der Waals surface area contributed by atoms with E-state index in [1.54, 1.807) is 49.3 Å². The molecule has 2 aromatic carbocycles. The summed E-state index contributed by atoms with van der Waals surface area (Å²) in [5.74, 6) is 0.737. The summed E-state index contributed by atoms with van der Waals surface area (Å²) < 4.78 is 11.6. The van der Waals surface area contributed by atoms with Crippen molar-refractivity contribution in [3.63, 3.8) is 0 Å². The minimum Gasteiger partial charge on any atom is -0.497 e. The van der Waals surface area contributed by atoms with Crippen LogP contribution in [0.4, 0.5) is 16.2 Å². The lowest BCUT2D eigenvalue weighted by Crippen LogP contribution is -2.25. The molecular weight excluding hydrogens is 406 g/mol. The summed E-state index contributed by atoms with van der Waals surface area (Å²) in [5.41, 5.74) is 2.15. The van der Waals surface area contributed by atoms with Crippen LogP contribution in [0.25, 0.3) is 5.69 Å². The molecule has 3 aromatic rings. The number of hydrogen-bond donors (Lipinski definition) is 1. The molecule has 0 atom stereocenters. The van der Waals surface area contributed by atoms with Crippen LogP contribution in [-0.2, 0) is 9.53 Å². The van der Waals surface area contributed by atoms with Gasteiger partial charge in [0.1, 0.15) is 12.1 Å². The van der Waals surface area contributed by atoms with Crippen LogP contribution in [0.15, 0.2) is 60.0 Å². The number of aromatic nitrogens is 3. The maximum absolute atomic E-state index is 12.3. The monoisotopic (exact) mass is 427 g/mol. The van der Waals surface area contributed by atoms with Crippen LogP contribution < -0.4 is 15.0 Å². The zero-order chi connectivity index (χ0) is 21.5. The maximum atomic E-state index is 12.3. The van der Waals surface area contributed by atoms with Crippen molar-refractivity contribution in [3.05, 3.63) is 54.9 Å². The van der Waals surface area contributed by atoms with Crippen molar-refractivity contribution in [2.24, 2.45) is 0 Å². The smallest absolute Gasteiger partial charge is 0.413 e. The summed E-state index contributed by atoms with van der Waals surface area (Å²) in [6.45, 7) is 0. The zero-order valence-corrected chi connectivity index (χ0v) is 17.5. The molecule has 3 rings (SSSR count). The van der Waals surface area contributed by atoms with Crippen molar-refractivity contribution in [2.45, 2.75) is 5.16 Å². The fourth-order valence-electron chi connectivity index (χ4n) is 2.58. The summed E-state index contributed by atoms with van der Waals surface area (Å²) in [5, 5.41) is 11.4. The van der Waals surface area contributed by atoms with E-state index in [0.29, 0.717) is 16.5 Å². The van der Waals surface area contributed by atoms with Crippen LogP contribution in [-0.4, -0.2) is 53.8 Å². The number of nitrogens with one attached hydrogen (secondary N) is 1. The van der Waals surface area contributed by atoms with E-state index >= 15 is 0 Å². The first-order chi connectivity index (χ1) is 14.5. The number of thioether (sulfide) groups is 1. The van der Waals surface area contributed by atoms with E-state index < -0.39 is 6.09 Å². The lowest BCUT2D eigenvalue weighted by molar-refractivity contribution is -0.113. The van der Waals surface area contributed by atoms with Gasteiger partial charge < -0.3 is 14.8 Å². The van der Waals surface area contributed by atoms with E-state index in [0.717, 1.165) is 11.4 Å². The quantitative estimate of drug-likeness (QED) is 0.578. The number of rotatable bonds is 7. The largest absolute Gasteiger partial charge is 0.497 e. The first kappa shape index (κ1) is 21.2. The van der Waals surface area contributed by atoms with Crippen molar-refractivity contribution in [2.75, 3.05) is 37.2 Å². The highest BCUT2D eigenvalue weighted by Crippen LogP contribution is 2.22. The van der Waals surface area contributed by atoms with E-state index in [1.807, 2.05) is 24.3 Å². The SMILES string of the molecule is COC(=O)N(C)c1ccc(NC(=O)CSc2nncn2-c2ccc(OC)cc2)cc1. The fraction of sp³-hybridized carbons (Fsp3) is 0.200. The minimum absolute atomic E-state index is 0.165. The van der Waals surface area contributed by atoms with Gasteiger partial charge in [0.15, 0.2) is 5.16 Å². The van der Waals surface area contributed by atoms with E-state index in [4.69, 9.17) is 4.74 Å². The molecule has 9 nitrogen and oxygen atoms in total. The third kappa shape index (κ3) is 5.09. The van der Waals surface area contributed by atoms with Gasteiger partial charge in [0, 0.05) is 24.1 Å². The highest BCUT2D eigenvalue weighted by Gasteiger charge is 2.12. The molecule has 1 N–H and O–H groups in total. The summed E-state index contributed by atoms with van der Waals surface area (Å²) >= 11 is 1.28. The lowest BCUT2D eigenvalue weighted by Gasteiger charge is -2.15. The Kier molecular flexibility index (Phi) is 6.91. The standard InChI is InChI=1S/C20H21N5O4S/c1-24(20(27)29-3)15-6-4-14(5-7-15)22-18(26)12-30-19-23-21-13-25(19)16-8-10-17(28-2)11-9-16/h4-11,13H,12H2,1-3H3,(H,22,26). The highest BCUT2D eigenvalue weighted by atomic mass is 32.2. The molecule has 0 saturated heterocycles. The maximum Gasteiger partial charge on any atom is 0.413 e. The molecule has 0 spiro atoms.